The molecule has 6 amide bonds. The number of nitrogens with one attached hydrogen (secondary N) is 5. The number of anilines is 2. The van der Waals surface area contributed by atoms with Crippen molar-refractivity contribution in [2.45, 2.75) is 148 Å². The Morgan fingerprint density at radius 1 is 0.679 bits per heavy atom. The first kappa shape index (κ1) is 61.7. The Kier molecular flexibility index (Phi) is 19.4. The molecule has 16 nitrogen and oxygen atoms in total. The molecule has 5 N–H and O–H groups in total. The predicted molar refractivity (Wildman–Crippen MR) is 291 cm³/mol. The van der Waals surface area contributed by atoms with Gasteiger partial charge in [-0.1, -0.05) is 25.7 Å². The van der Waals surface area contributed by atoms with Crippen LogP contribution in [0.4, 0.5) is 50.9 Å². The molecule has 5 fully saturated rings. The summed E-state index contributed by atoms with van der Waals surface area (Å²) < 4.78 is 128. The molecule has 2 unspecified atom stereocenters. The van der Waals surface area contributed by atoms with Crippen molar-refractivity contribution in [1.29, 1.82) is 0 Å². The van der Waals surface area contributed by atoms with Crippen molar-refractivity contribution < 1.29 is 75.4 Å². The van der Waals surface area contributed by atoms with Crippen LogP contribution in [0.2, 0.25) is 0 Å². The third-order valence-electron chi connectivity index (χ3n) is 15.3. The molecule has 3 heterocycles. The van der Waals surface area contributed by atoms with Crippen molar-refractivity contribution in [3.8, 4) is 0 Å². The molecule has 0 spiro atoms. The molecule has 4 aromatic rings. The van der Waals surface area contributed by atoms with E-state index in [0.717, 1.165) is 32.6 Å². The Hall–Kier alpha value is -6.95. The minimum Gasteiger partial charge on any atom is -0.356 e. The summed E-state index contributed by atoms with van der Waals surface area (Å²) >= 11 is 0. The van der Waals surface area contributed by atoms with Gasteiger partial charge >= 0.3 is 18.0 Å². The summed E-state index contributed by atoms with van der Waals surface area (Å²) in [5.74, 6) is -14.7. The summed E-state index contributed by atoms with van der Waals surface area (Å²) in [5.41, 5.74) is -1.72. The highest BCUT2D eigenvalue weighted by molar-refractivity contribution is 6.01. The highest BCUT2D eigenvalue weighted by Crippen LogP contribution is 2.51. The van der Waals surface area contributed by atoms with E-state index in [-0.39, 0.29) is 53.3 Å². The van der Waals surface area contributed by atoms with Gasteiger partial charge in [-0.05, 0) is 156 Å². The lowest BCUT2D eigenvalue weighted by Crippen LogP contribution is -2.50. The summed E-state index contributed by atoms with van der Waals surface area (Å²) in [5, 5.41) is 20.6. The van der Waals surface area contributed by atoms with Crippen LogP contribution in [0.25, 0.3) is 0 Å². The second kappa shape index (κ2) is 25.5. The lowest BCUT2D eigenvalue weighted by atomic mass is 9.88. The zero-order valence-corrected chi connectivity index (χ0v) is 45.9. The third kappa shape index (κ3) is 15.5. The minimum atomic E-state index is -5.21. The zero-order valence-electron chi connectivity index (χ0n) is 45.9. The molecule has 9 rings (SSSR count). The SMILES string of the molecule is C1CC1CC1CC1.CCNC(=O)C(C)c1cc(F)c(NC(=O)[C@@H](NC(=O)c2ccnn2CC)C(C2CC2)C2CC2)cc1C.CCn1nccc1C(=O)NCC(=O)Nc1cc(C(F)(F)F)c(C(C)C(=O)N2CC(F)(F)C(F)(F)C2)cc1F.[HH].[HH].[HH].[HH].[HH]. The molecule has 1 saturated heterocycles. The van der Waals surface area contributed by atoms with Crippen molar-refractivity contribution in [2.24, 2.45) is 29.6 Å². The fraction of sp³-hybridized carbons (Fsp3) is 0.571. The van der Waals surface area contributed by atoms with Crippen LogP contribution >= 0.6 is 0 Å². The number of nitrogens with zero attached hydrogens (tertiary/aromatic N) is 5. The van der Waals surface area contributed by atoms with Gasteiger partial charge in [0.2, 0.25) is 23.6 Å². The lowest BCUT2D eigenvalue weighted by Gasteiger charge is -2.28. The molecule has 4 saturated carbocycles. The van der Waals surface area contributed by atoms with Crippen LogP contribution in [0.3, 0.4) is 0 Å². The maximum atomic E-state index is 15.1. The number of carbonyl (C=O) groups excluding carboxylic acids is 6. The molecule has 3 atom stereocenters. The molecule has 2 aromatic carbocycles. The molecular formula is C56H79F9N10O6. The van der Waals surface area contributed by atoms with Crippen molar-refractivity contribution in [3.05, 3.63) is 94.1 Å². The second-order valence-corrected chi connectivity index (χ2v) is 21.7. The van der Waals surface area contributed by atoms with Gasteiger partial charge in [0.05, 0.1) is 48.4 Å². The topological polar surface area (TPSA) is 201 Å². The van der Waals surface area contributed by atoms with E-state index in [1.807, 2.05) is 19.2 Å². The smallest absolute Gasteiger partial charge is 0.356 e. The van der Waals surface area contributed by atoms with Gasteiger partial charge in [0.1, 0.15) is 29.1 Å². The summed E-state index contributed by atoms with van der Waals surface area (Å²) in [6, 6.07) is 5.56. The first-order valence-electron chi connectivity index (χ1n) is 27.4. The second-order valence-electron chi connectivity index (χ2n) is 21.7. The van der Waals surface area contributed by atoms with Crippen LogP contribution in [-0.2, 0) is 38.4 Å². The Labute approximate surface area is 470 Å². The van der Waals surface area contributed by atoms with E-state index in [2.05, 4.69) is 31.5 Å². The van der Waals surface area contributed by atoms with Gasteiger partial charge in [-0.25, -0.2) is 8.78 Å². The van der Waals surface area contributed by atoms with Crippen molar-refractivity contribution in [2.75, 3.05) is 36.8 Å². The summed E-state index contributed by atoms with van der Waals surface area (Å²) in [6.45, 7) is 6.97. The normalized spacial score (nSPS) is 18.3. The number of carbonyl (C=O) groups is 6. The molecule has 2 aromatic heterocycles. The van der Waals surface area contributed by atoms with Crippen LogP contribution < -0.4 is 26.6 Å². The summed E-state index contributed by atoms with van der Waals surface area (Å²) in [7, 11) is 0. The average Bonchev–Trinajstić information content (AvgIpc) is 2.49. The fourth-order valence-corrected chi connectivity index (χ4v) is 10.2. The van der Waals surface area contributed by atoms with Crippen LogP contribution in [-0.4, -0.2) is 104 Å². The van der Waals surface area contributed by atoms with E-state index in [1.165, 1.54) is 34.8 Å². The molecule has 4 aliphatic carbocycles. The number of amides is 6. The molecule has 452 valence electrons. The molecule has 81 heavy (non-hydrogen) atoms. The molecule has 1 aliphatic heterocycles. The first-order chi connectivity index (χ1) is 38.2. The Balaban J connectivity index is 0.000000497. The number of likely N-dealkylation sites (tertiary alicyclic amines) is 1. The first-order valence-corrected chi connectivity index (χ1v) is 27.4. The van der Waals surface area contributed by atoms with Gasteiger partial charge in [-0.3, -0.25) is 38.1 Å². The number of aryl methyl sites for hydroxylation is 3. The van der Waals surface area contributed by atoms with E-state index in [9.17, 15) is 63.9 Å². The standard InChI is InChI=1S/C27H36FN5O3.C22H21F8N5O3.C7H12.5H2/c1-5-29-25(34)16(4)19-14-20(28)21(13-15(19)3)31-27(36)24(23(17-7-8-17)18-9-10-18)32-26(35)22-11-12-30-33(22)6-2;1-3-35-16(4-5-32-35)18(37)31-8-17(36)33-15-7-13(22(28,29)30)12(6-14(15)23)11(2)19(38)34-9-20(24,25)21(26,27)10-34;1-2-6(1)5-7-3-4-7;;;;;/h11-14,16-18,23-24H,5-10H2,1-4H3,(H,29,34)(H,31,36)(H,32,35);4-7,11H,3,8-10H2,1-2H3,(H,31,37)(H,33,36);6-7H,1-5H2;5*1H/t16?,24-;;;;;;;/m0......./s1. The van der Waals surface area contributed by atoms with Gasteiger partial charge in [-0.15, -0.1) is 0 Å². The molecular weight excluding hydrogens is 1080 g/mol. The number of alkyl halides is 7. The van der Waals surface area contributed by atoms with Gasteiger partial charge < -0.3 is 31.5 Å². The highest BCUT2D eigenvalue weighted by Gasteiger charge is 2.64. The maximum absolute atomic E-state index is 15.1. The Morgan fingerprint density at radius 2 is 1.19 bits per heavy atom. The van der Waals surface area contributed by atoms with Crippen molar-refractivity contribution in [1.82, 2.24) is 40.4 Å². The average molecular weight is 1160 g/mol. The number of hydrogen-bond donors (Lipinski definition) is 5. The number of benzene rings is 2. The van der Waals surface area contributed by atoms with Crippen molar-refractivity contribution in [3.63, 3.8) is 0 Å². The van der Waals surface area contributed by atoms with E-state index >= 15 is 4.39 Å². The van der Waals surface area contributed by atoms with Crippen LogP contribution in [0, 0.1) is 48.1 Å². The quantitative estimate of drug-likeness (QED) is 0.0538. The number of halogens is 9. The van der Waals surface area contributed by atoms with Crippen LogP contribution in [0.5, 0.6) is 0 Å². The van der Waals surface area contributed by atoms with Gasteiger partial charge in [-0.2, -0.15) is 40.9 Å². The lowest BCUT2D eigenvalue weighted by molar-refractivity contribution is -0.172. The maximum Gasteiger partial charge on any atom is 0.416 e. The molecule has 0 bridgehead atoms. The number of likely N-dealkylation sites (N-methyl/N-ethyl adjacent to an activating group) is 1. The monoisotopic (exact) mass is 1160 g/mol. The fourth-order valence-electron chi connectivity index (χ4n) is 10.2. The van der Waals surface area contributed by atoms with E-state index in [4.69, 9.17) is 0 Å². The minimum absolute atomic E-state index is 0. The number of aromatic nitrogens is 4. The van der Waals surface area contributed by atoms with Crippen LogP contribution in [0.15, 0.2) is 48.8 Å². The number of hydrogen-bond acceptors (Lipinski definition) is 8. The van der Waals surface area contributed by atoms with Crippen LogP contribution in [0.1, 0.15) is 155 Å². The third-order valence-corrected chi connectivity index (χ3v) is 15.3. The molecule has 25 heteroatoms. The highest BCUT2D eigenvalue weighted by atomic mass is 19.4. The van der Waals surface area contributed by atoms with Gasteiger partial charge in [0, 0.05) is 39.2 Å². The zero-order chi connectivity index (χ0) is 59.3. The molecule has 5 aliphatic rings. The Morgan fingerprint density at radius 3 is 1.67 bits per heavy atom. The van der Waals surface area contributed by atoms with E-state index in [0.29, 0.717) is 48.3 Å². The van der Waals surface area contributed by atoms with Crippen molar-refractivity contribution >= 4 is 46.8 Å². The van der Waals surface area contributed by atoms with E-state index in [1.54, 1.807) is 75.9 Å². The predicted octanol–water partition coefficient (Wildman–Crippen LogP) is 10.8. The summed E-state index contributed by atoms with van der Waals surface area (Å²) in [4.78, 5) is 75.9. The van der Waals surface area contributed by atoms with E-state index < -0.39 is 108 Å². The largest absolute Gasteiger partial charge is 0.416 e. The van der Waals surface area contributed by atoms with Gasteiger partial charge in [0.15, 0.2) is 0 Å². The Bertz CT molecular complexity index is 2940. The number of rotatable bonds is 20. The summed E-state index contributed by atoms with van der Waals surface area (Å²) in [6.07, 6.45) is 9.62. The van der Waals surface area contributed by atoms with Gasteiger partial charge in [0.25, 0.3) is 11.8 Å². The molecule has 0 radical (unpaired) electrons.